The molecule has 0 fully saturated rings. The van der Waals surface area contributed by atoms with E-state index in [-0.39, 0.29) is 10.7 Å². The number of hydrogen-bond donors (Lipinski definition) is 2. The summed E-state index contributed by atoms with van der Waals surface area (Å²) in [4.78, 5) is 11.3. The number of nitrogens with one attached hydrogen (secondary N) is 2. The van der Waals surface area contributed by atoms with Crippen LogP contribution >= 0.6 is 11.8 Å². The smallest absolute Gasteiger partial charge is 0.230 e. The molecule has 0 unspecified atom stereocenters. The van der Waals surface area contributed by atoms with E-state index in [4.69, 9.17) is 0 Å². The van der Waals surface area contributed by atoms with Crippen molar-refractivity contribution >= 4 is 17.7 Å². The first-order chi connectivity index (χ1) is 6.45. The quantitative estimate of drug-likeness (QED) is 0.659. The number of carbonyl (C=O) groups excluding carboxylic acids is 1. The number of thioether (sulfide) groups is 1. The maximum atomic E-state index is 11.3. The lowest BCUT2D eigenvalue weighted by molar-refractivity contribution is -0.118. The molecule has 0 aromatic carbocycles. The van der Waals surface area contributed by atoms with Crippen LogP contribution < -0.4 is 10.6 Å². The molecule has 0 aliphatic carbocycles. The van der Waals surface area contributed by atoms with Crippen LogP contribution in [-0.2, 0) is 4.79 Å². The van der Waals surface area contributed by atoms with Crippen molar-refractivity contribution in [1.29, 1.82) is 0 Å². The van der Waals surface area contributed by atoms with Crippen LogP contribution in [0.1, 0.15) is 27.2 Å². The first kappa shape index (κ1) is 13.8. The van der Waals surface area contributed by atoms with Crippen LogP contribution in [-0.4, -0.2) is 36.5 Å². The van der Waals surface area contributed by atoms with E-state index in [1.54, 1.807) is 11.8 Å². The van der Waals surface area contributed by atoms with E-state index in [0.717, 1.165) is 19.5 Å². The highest BCUT2D eigenvalue weighted by molar-refractivity contribution is 8.01. The summed E-state index contributed by atoms with van der Waals surface area (Å²) in [5.41, 5.74) is 0. The number of carbonyl (C=O) groups is 1. The highest BCUT2D eigenvalue weighted by Gasteiger charge is 2.12. The topological polar surface area (TPSA) is 41.1 Å². The van der Waals surface area contributed by atoms with Gasteiger partial charge in [-0.15, -0.1) is 11.8 Å². The highest BCUT2D eigenvalue weighted by Crippen LogP contribution is 2.22. The van der Waals surface area contributed by atoms with Crippen LogP contribution in [0, 0.1) is 0 Å². The third-order valence-electron chi connectivity index (χ3n) is 1.56. The molecule has 0 atom stereocenters. The molecule has 1 amide bonds. The van der Waals surface area contributed by atoms with Crippen LogP contribution in [0.15, 0.2) is 0 Å². The minimum atomic E-state index is 0.140. The molecule has 0 aromatic heterocycles. The second-order valence-corrected chi connectivity index (χ2v) is 6.01. The average molecular weight is 218 g/mol. The molecule has 0 aliphatic heterocycles. The largest absolute Gasteiger partial charge is 0.355 e. The van der Waals surface area contributed by atoms with Crippen LogP contribution in [0.5, 0.6) is 0 Å². The van der Waals surface area contributed by atoms with Gasteiger partial charge in [-0.2, -0.15) is 0 Å². The third-order valence-corrected chi connectivity index (χ3v) is 2.83. The van der Waals surface area contributed by atoms with Crippen molar-refractivity contribution in [2.45, 2.75) is 31.9 Å². The zero-order chi connectivity index (χ0) is 11.0. The Hall–Kier alpha value is -0.220. The van der Waals surface area contributed by atoms with E-state index in [1.165, 1.54) is 0 Å². The van der Waals surface area contributed by atoms with Crippen molar-refractivity contribution in [3.8, 4) is 0 Å². The Labute approximate surface area is 91.4 Å². The average Bonchev–Trinajstić information content (AvgIpc) is 2.08. The van der Waals surface area contributed by atoms with E-state index in [1.807, 2.05) is 7.05 Å². The lowest BCUT2D eigenvalue weighted by Gasteiger charge is -2.16. The predicted molar refractivity (Wildman–Crippen MR) is 63.8 cm³/mol. The predicted octanol–water partition coefficient (Wildman–Crippen LogP) is 1.24. The maximum absolute atomic E-state index is 11.3. The minimum absolute atomic E-state index is 0.140. The summed E-state index contributed by atoms with van der Waals surface area (Å²) in [6, 6.07) is 0. The molecule has 4 heteroatoms. The number of amides is 1. The first-order valence-corrected chi connectivity index (χ1v) is 5.99. The van der Waals surface area contributed by atoms with Gasteiger partial charge >= 0.3 is 0 Å². The van der Waals surface area contributed by atoms with Crippen molar-refractivity contribution in [3.05, 3.63) is 0 Å². The van der Waals surface area contributed by atoms with E-state index in [2.05, 4.69) is 31.4 Å². The fourth-order valence-electron chi connectivity index (χ4n) is 0.826. The summed E-state index contributed by atoms with van der Waals surface area (Å²) in [5, 5.41) is 5.93. The van der Waals surface area contributed by atoms with E-state index in [0.29, 0.717) is 5.75 Å². The molecule has 0 aliphatic rings. The second-order valence-electron chi connectivity index (χ2n) is 4.21. The minimum Gasteiger partial charge on any atom is -0.355 e. The third kappa shape index (κ3) is 9.86. The van der Waals surface area contributed by atoms with Crippen molar-refractivity contribution in [1.82, 2.24) is 10.6 Å². The molecule has 0 heterocycles. The fraction of sp³-hybridized carbons (Fsp3) is 0.900. The first-order valence-electron chi connectivity index (χ1n) is 5.01. The van der Waals surface area contributed by atoms with Gasteiger partial charge in [0.2, 0.25) is 5.91 Å². The van der Waals surface area contributed by atoms with Crippen LogP contribution in [0.4, 0.5) is 0 Å². The van der Waals surface area contributed by atoms with Crippen molar-refractivity contribution in [2.75, 3.05) is 25.9 Å². The summed E-state index contributed by atoms with van der Waals surface area (Å²) in [6.07, 6.45) is 0.989. The number of rotatable bonds is 6. The Morgan fingerprint density at radius 3 is 2.43 bits per heavy atom. The van der Waals surface area contributed by atoms with Crippen molar-refractivity contribution in [3.63, 3.8) is 0 Å². The van der Waals surface area contributed by atoms with Crippen LogP contribution in [0.25, 0.3) is 0 Å². The molecule has 0 bridgehead atoms. The Morgan fingerprint density at radius 1 is 1.29 bits per heavy atom. The standard InChI is InChI=1S/C10H22N2OS/c1-10(2,3)14-8-9(13)12-7-5-6-11-4/h11H,5-8H2,1-4H3,(H,12,13). The van der Waals surface area contributed by atoms with Gasteiger partial charge in [-0.05, 0) is 20.0 Å². The number of hydrogen-bond acceptors (Lipinski definition) is 3. The summed E-state index contributed by atoms with van der Waals surface area (Å²) in [7, 11) is 1.91. The molecular weight excluding hydrogens is 196 g/mol. The monoisotopic (exact) mass is 218 g/mol. The Kier molecular flexibility index (Phi) is 7.01. The van der Waals surface area contributed by atoms with Gasteiger partial charge in [-0.25, -0.2) is 0 Å². The molecule has 0 spiro atoms. The molecular formula is C10H22N2OS. The highest BCUT2D eigenvalue weighted by atomic mass is 32.2. The van der Waals surface area contributed by atoms with E-state index in [9.17, 15) is 4.79 Å². The van der Waals surface area contributed by atoms with Gasteiger partial charge in [-0.1, -0.05) is 20.8 Å². The molecule has 14 heavy (non-hydrogen) atoms. The maximum Gasteiger partial charge on any atom is 0.230 e. The molecule has 84 valence electrons. The molecule has 0 rings (SSSR count). The van der Waals surface area contributed by atoms with Gasteiger partial charge in [0, 0.05) is 11.3 Å². The van der Waals surface area contributed by atoms with Crippen LogP contribution in [0.3, 0.4) is 0 Å². The van der Waals surface area contributed by atoms with Crippen LogP contribution in [0.2, 0.25) is 0 Å². The van der Waals surface area contributed by atoms with Crippen molar-refractivity contribution < 1.29 is 4.79 Å². The summed E-state index contributed by atoms with van der Waals surface area (Å²) in [6.45, 7) is 8.07. The molecule has 0 radical (unpaired) electrons. The van der Waals surface area contributed by atoms with Crippen molar-refractivity contribution in [2.24, 2.45) is 0 Å². The fourth-order valence-corrected chi connectivity index (χ4v) is 1.49. The van der Waals surface area contributed by atoms with Gasteiger partial charge in [0.15, 0.2) is 0 Å². The second kappa shape index (κ2) is 7.12. The Balaban J connectivity index is 3.38. The van der Waals surface area contributed by atoms with E-state index < -0.39 is 0 Å². The molecule has 3 nitrogen and oxygen atoms in total. The molecule has 0 saturated heterocycles. The normalized spacial score (nSPS) is 11.4. The van der Waals surface area contributed by atoms with Gasteiger partial charge in [0.1, 0.15) is 0 Å². The molecule has 0 aromatic rings. The van der Waals surface area contributed by atoms with Gasteiger partial charge in [-0.3, -0.25) is 4.79 Å². The van der Waals surface area contributed by atoms with E-state index >= 15 is 0 Å². The zero-order valence-corrected chi connectivity index (χ0v) is 10.5. The van der Waals surface area contributed by atoms with Gasteiger partial charge in [0.25, 0.3) is 0 Å². The summed E-state index contributed by atoms with van der Waals surface area (Å²) < 4.78 is 0.169. The summed E-state index contributed by atoms with van der Waals surface area (Å²) >= 11 is 1.68. The van der Waals surface area contributed by atoms with Gasteiger partial charge in [0.05, 0.1) is 5.75 Å². The molecule has 2 N–H and O–H groups in total. The lowest BCUT2D eigenvalue weighted by atomic mass is 10.3. The van der Waals surface area contributed by atoms with Gasteiger partial charge < -0.3 is 10.6 Å². The zero-order valence-electron chi connectivity index (χ0n) is 9.64. The molecule has 0 saturated carbocycles. The Morgan fingerprint density at radius 2 is 1.93 bits per heavy atom. The lowest BCUT2D eigenvalue weighted by Crippen LogP contribution is -2.29. The Bertz CT molecular complexity index is 166. The summed E-state index contributed by atoms with van der Waals surface area (Å²) in [5.74, 6) is 0.698. The SMILES string of the molecule is CNCCCNC(=O)CSC(C)(C)C.